The molecule has 0 spiro atoms. The minimum atomic E-state index is -0.579. The first kappa shape index (κ1) is 9.49. The number of amides is 2. The van der Waals surface area contributed by atoms with E-state index in [0.29, 0.717) is 12.5 Å². The Bertz CT molecular complexity index is 286. The van der Waals surface area contributed by atoms with Crippen LogP contribution >= 0.6 is 0 Å². The van der Waals surface area contributed by atoms with E-state index in [0.717, 1.165) is 12.8 Å². The zero-order valence-electron chi connectivity index (χ0n) is 8.67. The molecule has 0 aromatic carbocycles. The maximum atomic E-state index is 11.8. The maximum Gasteiger partial charge on any atom is 0.246 e. The summed E-state index contributed by atoms with van der Waals surface area (Å²) in [4.78, 5) is 25.2. The van der Waals surface area contributed by atoms with Crippen LogP contribution in [0.15, 0.2) is 0 Å². The summed E-state index contributed by atoms with van der Waals surface area (Å²) in [6, 6.07) is 0. The summed E-state index contributed by atoms with van der Waals surface area (Å²) in [6.45, 7) is 4.60. The van der Waals surface area contributed by atoms with Crippen molar-refractivity contribution in [2.24, 2.45) is 5.92 Å². The molecular formula is C10H16N2O2. The van der Waals surface area contributed by atoms with Gasteiger partial charge in [0.2, 0.25) is 11.8 Å². The molecule has 14 heavy (non-hydrogen) atoms. The lowest BCUT2D eigenvalue weighted by Crippen LogP contribution is -2.66. The molecule has 0 aromatic heterocycles. The van der Waals surface area contributed by atoms with Crippen molar-refractivity contribution in [3.63, 3.8) is 0 Å². The molecule has 1 atom stereocenters. The summed E-state index contributed by atoms with van der Waals surface area (Å²) in [6.07, 6.45) is 2.13. The second kappa shape index (κ2) is 2.97. The molecule has 2 fully saturated rings. The first-order valence-electron chi connectivity index (χ1n) is 5.19. The second-order valence-corrected chi connectivity index (χ2v) is 4.24. The van der Waals surface area contributed by atoms with Gasteiger partial charge in [0.1, 0.15) is 5.54 Å². The number of nitrogens with zero attached hydrogens (tertiary/aromatic N) is 1. The molecule has 0 radical (unpaired) electrons. The predicted octanol–water partition coefficient (Wildman–Crippen LogP) is 0.133. The molecular weight excluding hydrogens is 180 g/mol. The number of nitrogens with one attached hydrogen (secondary N) is 1. The fourth-order valence-corrected chi connectivity index (χ4v) is 2.37. The summed E-state index contributed by atoms with van der Waals surface area (Å²) < 4.78 is 0. The summed E-state index contributed by atoms with van der Waals surface area (Å²) in [5.41, 5.74) is -0.579. The molecule has 1 saturated heterocycles. The van der Waals surface area contributed by atoms with Gasteiger partial charge >= 0.3 is 0 Å². The van der Waals surface area contributed by atoms with E-state index in [1.54, 1.807) is 4.90 Å². The Hall–Kier alpha value is -1.06. The molecule has 2 aliphatic rings. The predicted molar refractivity (Wildman–Crippen MR) is 51.5 cm³/mol. The molecule has 1 aliphatic heterocycles. The third-order valence-electron chi connectivity index (χ3n) is 3.41. The summed E-state index contributed by atoms with van der Waals surface area (Å²) in [7, 11) is 0. The third kappa shape index (κ3) is 1.13. The first-order valence-corrected chi connectivity index (χ1v) is 5.19. The van der Waals surface area contributed by atoms with Crippen molar-refractivity contribution >= 4 is 11.8 Å². The van der Waals surface area contributed by atoms with Gasteiger partial charge in [0.05, 0.1) is 6.54 Å². The average molecular weight is 196 g/mol. The van der Waals surface area contributed by atoms with Crippen LogP contribution in [-0.2, 0) is 9.59 Å². The lowest BCUT2D eigenvalue weighted by atomic mass is 9.90. The quantitative estimate of drug-likeness (QED) is 0.682. The standard InChI is InChI=1S/C10H16N2O2/c1-3-12-8(13)6-11-9(14)10(12,2)7-4-5-7/h7H,3-6H2,1-2H3,(H,11,14). The summed E-state index contributed by atoms with van der Waals surface area (Å²) in [5, 5.41) is 2.68. The van der Waals surface area contributed by atoms with Gasteiger partial charge in [0.15, 0.2) is 0 Å². The SMILES string of the molecule is CCN1C(=O)CNC(=O)C1(C)C1CC1. The van der Waals surface area contributed by atoms with Crippen molar-refractivity contribution in [1.29, 1.82) is 0 Å². The topological polar surface area (TPSA) is 49.4 Å². The van der Waals surface area contributed by atoms with Crippen molar-refractivity contribution < 1.29 is 9.59 Å². The Labute approximate surface area is 83.6 Å². The van der Waals surface area contributed by atoms with Crippen LogP contribution in [-0.4, -0.2) is 35.3 Å². The lowest BCUT2D eigenvalue weighted by molar-refractivity contribution is -0.153. The number of hydrogen-bond donors (Lipinski definition) is 1. The van der Waals surface area contributed by atoms with E-state index in [2.05, 4.69) is 5.32 Å². The van der Waals surface area contributed by atoms with Crippen molar-refractivity contribution in [2.75, 3.05) is 13.1 Å². The zero-order valence-corrected chi connectivity index (χ0v) is 8.67. The Morgan fingerprint density at radius 2 is 2.14 bits per heavy atom. The number of hydrogen-bond acceptors (Lipinski definition) is 2. The van der Waals surface area contributed by atoms with Crippen molar-refractivity contribution in [1.82, 2.24) is 10.2 Å². The van der Waals surface area contributed by atoms with E-state index in [1.807, 2.05) is 13.8 Å². The molecule has 1 N–H and O–H groups in total. The number of likely N-dealkylation sites (N-methyl/N-ethyl adjacent to an activating group) is 1. The van der Waals surface area contributed by atoms with Crippen LogP contribution < -0.4 is 5.32 Å². The Morgan fingerprint density at radius 1 is 1.50 bits per heavy atom. The highest BCUT2D eigenvalue weighted by atomic mass is 16.2. The Kier molecular flexibility index (Phi) is 2.01. The second-order valence-electron chi connectivity index (χ2n) is 4.24. The largest absolute Gasteiger partial charge is 0.345 e. The first-order chi connectivity index (χ1) is 6.60. The van der Waals surface area contributed by atoms with Crippen LogP contribution in [0.4, 0.5) is 0 Å². The van der Waals surface area contributed by atoms with Crippen LogP contribution in [0.1, 0.15) is 26.7 Å². The molecule has 0 aromatic rings. The molecule has 1 heterocycles. The number of carbonyl (C=O) groups excluding carboxylic acids is 2. The molecule has 4 heteroatoms. The monoisotopic (exact) mass is 196 g/mol. The molecule has 4 nitrogen and oxygen atoms in total. The molecule has 1 unspecified atom stereocenters. The van der Waals surface area contributed by atoms with E-state index in [-0.39, 0.29) is 18.4 Å². The lowest BCUT2D eigenvalue weighted by Gasteiger charge is -2.43. The normalized spacial score (nSPS) is 33.1. The highest BCUT2D eigenvalue weighted by Gasteiger charge is 2.54. The van der Waals surface area contributed by atoms with Gasteiger partial charge in [0.25, 0.3) is 0 Å². The highest BCUT2D eigenvalue weighted by Crippen LogP contribution is 2.44. The summed E-state index contributed by atoms with van der Waals surface area (Å²) >= 11 is 0. The van der Waals surface area contributed by atoms with Gasteiger partial charge in [-0.15, -0.1) is 0 Å². The average Bonchev–Trinajstić information content (AvgIpc) is 2.96. The molecule has 2 rings (SSSR count). The number of piperazine rings is 1. The Morgan fingerprint density at radius 3 is 2.64 bits per heavy atom. The van der Waals surface area contributed by atoms with E-state index in [4.69, 9.17) is 0 Å². The van der Waals surface area contributed by atoms with Gasteiger partial charge in [-0.2, -0.15) is 0 Å². The van der Waals surface area contributed by atoms with Gasteiger partial charge in [0, 0.05) is 6.54 Å². The van der Waals surface area contributed by atoms with E-state index >= 15 is 0 Å². The zero-order chi connectivity index (χ0) is 10.3. The van der Waals surface area contributed by atoms with Gasteiger partial charge in [-0.25, -0.2) is 0 Å². The van der Waals surface area contributed by atoms with Crippen molar-refractivity contribution in [3.8, 4) is 0 Å². The fourth-order valence-electron chi connectivity index (χ4n) is 2.37. The molecule has 78 valence electrons. The van der Waals surface area contributed by atoms with E-state index in [9.17, 15) is 9.59 Å². The van der Waals surface area contributed by atoms with Gasteiger partial charge in [-0.05, 0) is 32.6 Å². The van der Waals surface area contributed by atoms with E-state index < -0.39 is 5.54 Å². The van der Waals surface area contributed by atoms with Crippen LogP contribution in [0, 0.1) is 5.92 Å². The summed E-state index contributed by atoms with van der Waals surface area (Å²) in [5.74, 6) is 0.426. The fraction of sp³-hybridized carbons (Fsp3) is 0.800. The molecule has 1 saturated carbocycles. The minimum absolute atomic E-state index is 0.0152. The molecule has 1 aliphatic carbocycles. The van der Waals surface area contributed by atoms with Crippen LogP contribution in [0.3, 0.4) is 0 Å². The van der Waals surface area contributed by atoms with Gasteiger partial charge < -0.3 is 10.2 Å². The number of carbonyl (C=O) groups is 2. The van der Waals surface area contributed by atoms with Crippen molar-refractivity contribution in [3.05, 3.63) is 0 Å². The number of rotatable bonds is 2. The van der Waals surface area contributed by atoms with Gasteiger partial charge in [-0.1, -0.05) is 0 Å². The van der Waals surface area contributed by atoms with Crippen LogP contribution in [0.25, 0.3) is 0 Å². The molecule has 2 amide bonds. The smallest absolute Gasteiger partial charge is 0.246 e. The molecule has 0 bridgehead atoms. The van der Waals surface area contributed by atoms with Crippen molar-refractivity contribution in [2.45, 2.75) is 32.2 Å². The minimum Gasteiger partial charge on any atom is -0.345 e. The van der Waals surface area contributed by atoms with Crippen LogP contribution in [0.2, 0.25) is 0 Å². The van der Waals surface area contributed by atoms with E-state index in [1.165, 1.54) is 0 Å². The maximum absolute atomic E-state index is 11.8. The highest BCUT2D eigenvalue weighted by molar-refractivity contribution is 5.98. The van der Waals surface area contributed by atoms with Gasteiger partial charge in [-0.3, -0.25) is 9.59 Å². The van der Waals surface area contributed by atoms with Crippen LogP contribution in [0.5, 0.6) is 0 Å². The third-order valence-corrected chi connectivity index (χ3v) is 3.41. The Balaban J connectivity index is 2.31.